The lowest BCUT2D eigenvalue weighted by atomic mass is 10.1. The molecule has 4 heterocycles. The van der Waals surface area contributed by atoms with E-state index in [9.17, 15) is 9.59 Å². The smallest absolute Gasteiger partial charge is 0.256 e. The summed E-state index contributed by atoms with van der Waals surface area (Å²) in [5.74, 6) is 0.441. The number of anilines is 1. The number of halogens is 1. The maximum absolute atomic E-state index is 13.4. The molecule has 1 atom stereocenters. The van der Waals surface area contributed by atoms with Crippen LogP contribution >= 0.6 is 22.9 Å². The van der Waals surface area contributed by atoms with Gasteiger partial charge in [0, 0.05) is 59.1 Å². The highest BCUT2D eigenvalue weighted by Gasteiger charge is 2.27. The van der Waals surface area contributed by atoms with Crippen molar-refractivity contribution in [3.05, 3.63) is 58.7 Å². The molecule has 5 rings (SSSR count). The number of aromatic nitrogens is 2. The van der Waals surface area contributed by atoms with Gasteiger partial charge in [-0.25, -0.2) is 4.98 Å². The van der Waals surface area contributed by atoms with Gasteiger partial charge in [-0.3, -0.25) is 9.59 Å². The van der Waals surface area contributed by atoms with Crippen LogP contribution in [0.2, 0.25) is 5.02 Å². The zero-order valence-corrected chi connectivity index (χ0v) is 19.1. The first-order chi connectivity index (χ1) is 15.4. The van der Waals surface area contributed by atoms with Gasteiger partial charge < -0.3 is 20.1 Å². The fourth-order valence-electron chi connectivity index (χ4n) is 4.28. The number of nitrogens with zero attached hydrogens (tertiary/aromatic N) is 4. The molecule has 164 valence electrons. The molecule has 0 spiro atoms. The van der Waals surface area contributed by atoms with E-state index in [2.05, 4.69) is 21.3 Å². The van der Waals surface area contributed by atoms with Crippen LogP contribution in [0.15, 0.2) is 48.1 Å². The average Bonchev–Trinajstić information content (AvgIpc) is 3.42. The molecule has 7 nitrogen and oxygen atoms in total. The molecule has 3 aromatic heterocycles. The first kappa shape index (κ1) is 20.8. The zero-order chi connectivity index (χ0) is 22.4. The molecule has 1 aliphatic rings. The molecule has 1 aliphatic heterocycles. The standard InChI is InChI=1S/C23H22ClN5O2S/c1-14(21(25)30)29-13-18(16-3-2-15(24)12-19(16)29)23(31)28-9-7-27(8-10-28)22-17-5-11-32-20(17)4-6-26-22/h2-6,11-14H,7-10H2,1H3,(H2,25,30). The van der Waals surface area contributed by atoms with Crippen molar-refractivity contribution >= 4 is 61.6 Å². The van der Waals surface area contributed by atoms with Crippen LogP contribution in [0.5, 0.6) is 0 Å². The Morgan fingerprint density at radius 1 is 1.12 bits per heavy atom. The highest BCUT2D eigenvalue weighted by molar-refractivity contribution is 7.17. The predicted molar refractivity (Wildman–Crippen MR) is 129 cm³/mol. The van der Waals surface area contributed by atoms with E-state index >= 15 is 0 Å². The second-order valence-electron chi connectivity index (χ2n) is 7.94. The van der Waals surface area contributed by atoms with Gasteiger partial charge in [0.05, 0.1) is 11.1 Å². The summed E-state index contributed by atoms with van der Waals surface area (Å²) in [5, 5.41) is 4.53. The summed E-state index contributed by atoms with van der Waals surface area (Å²) in [5.41, 5.74) is 6.80. The lowest BCUT2D eigenvalue weighted by Gasteiger charge is -2.35. The normalized spacial score (nSPS) is 15.4. The Kier molecular flexibility index (Phi) is 5.27. The lowest BCUT2D eigenvalue weighted by Crippen LogP contribution is -2.49. The minimum atomic E-state index is -0.591. The third kappa shape index (κ3) is 3.49. The molecule has 2 N–H and O–H groups in total. The molecule has 1 saturated heterocycles. The van der Waals surface area contributed by atoms with Crippen molar-refractivity contribution in [1.29, 1.82) is 0 Å². The molecule has 2 amide bonds. The Morgan fingerprint density at radius 2 is 1.91 bits per heavy atom. The van der Waals surface area contributed by atoms with Crippen LogP contribution in [0.3, 0.4) is 0 Å². The number of amides is 2. The van der Waals surface area contributed by atoms with E-state index in [0.29, 0.717) is 36.8 Å². The monoisotopic (exact) mass is 467 g/mol. The van der Waals surface area contributed by atoms with Crippen LogP contribution in [-0.4, -0.2) is 52.4 Å². The van der Waals surface area contributed by atoms with Gasteiger partial charge in [0.15, 0.2) is 0 Å². The maximum atomic E-state index is 13.4. The highest BCUT2D eigenvalue weighted by atomic mass is 35.5. The zero-order valence-electron chi connectivity index (χ0n) is 17.5. The topological polar surface area (TPSA) is 84.5 Å². The Morgan fingerprint density at radius 3 is 2.66 bits per heavy atom. The molecule has 1 aromatic carbocycles. The summed E-state index contributed by atoms with van der Waals surface area (Å²) in [6.45, 7) is 4.30. The minimum absolute atomic E-state index is 0.0610. The lowest BCUT2D eigenvalue weighted by molar-refractivity contribution is -0.120. The largest absolute Gasteiger partial charge is 0.368 e. The molecule has 0 bridgehead atoms. The van der Waals surface area contributed by atoms with Crippen LogP contribution < -0.4 is 10.6 Å². The Bertz CT molecular complexity index is 1340. The molecule has 9 heteroatoms. The van der Waals surface area contributed by atoms with Crippen molar-refractivity contribution in [3.8, 4) is 0 Å². The van der Waals surface area contributed by atoms with E-state index < -0.39 is 11.9 Å². The van der Waals surface area contributed by atoms with Crippen molar-refractivity contribution < 1.29 is 9.59 Å². The fourth-order valence-corrected chi connectivity index (χ4v) is 5.22. The van der Waals surface area contributed by atoms with Gasteiger partial charge in [-0.1, -0.05) is 17.7 Å². The van der Waals surface area contributed by atoms with Crippen LogP contribution in [0.4, 0.5) is 5.82 Å². The summed E-state index contributed by atoms with van der Waals surface area (Å²) in [4.78, 5) is 33.9. The quantitative estimate of drug-likeness (QED) is 0.493. The van der Waals surface area contributed by atoms with Gasteiger partial charge in [-0.05, 0) is 36.6 Å². The molecule has 1 unspecified atom stereocenters. The van der Waals surface area contributed by atoms with E-state index in [-0.39, 0.29) is 5.91 Å². The Balaban J connectivity index is 1.41. The van der Waals surface area contributed by atoms with Crippen LogP contribution in [0.1, 0.15) is 23.3 Å². The maximum Gasteiger partial charge on any atom is 0.256 e. The summed E-state index contributed by atoms with van der Waals surface area (Å²) in [6, 6.07) is 8.88. The second-order valence-corrected chi connectivity index (χ2v) is 9.32. The SMILES string of the molecule is CC(C(N)=O)n1cc(C(=O)N2CCN(c3nccc4sccc34)CC2)c2ccc(Cl)cc21. The number of carbonyl (C=O) groups excluding carboxylic acids is 2. The molecule has 0 radical (unpaired) electrons. The molecule has 32 heavy (non-hydrogen) atoms. The Hall–Kier alpha value is -3.10. The number of primary amides is 1. The number of hydrogen-bond acceptors (Lipinski definition) is 5. The highest BCUT2D eigenvalue weighted by Crippen LogP contribution is 2.31. The van der Waals surface area contributed by atoms with Gasteiger partial charge in [0.2, 0.25) is 5.91 Å². The van der Waals surface area contributed by atoms with Gasteiger partial charge in [0.25, 0.3) is 5.91 Å². The predicted octanol–water partition coefficient (Wildman–Crippen LogP) is 3.91. The van der Waals surface area contributed by atoms with Crippen molar-refractivity contribution in [3.63, 3.8) is 0 Å². The number of carbonyl (C=O) groups is 2. The first-order valence-corrected chi connectivity index (χ1v) is 11.7. The summed E-state index contributed by atoms with van der Waals surface area (Å²) in [7, 11) is 0. The van der Waals surface area contributed by atoms with E-state index in [1.807, 2.05) is 23.2 Å². The van der Waals surface area contributed by atoms with Crippen LogP contribution in [0, 0.1) is 0 Å². The van der Waals surface area contributed by atoms with Gasteiger partial charge in [-0.15, -0.1) is 11.3 Å². The van der Waals surface area contributed by atoms with Crippen molar-refractivity contribution in [1.82, 2.24) is 14.5 Å². The van der Waals surface area contributed by atoms with Crippen molar-refractivity contribution in [2.24, 2.45) is 5.73 Å². The summed E-state index contributed by atoms with van der Waals surface area (Å²) in [6.07, 6.45) is 3.56. The average molecular weight is 468 g/mol. The third-order valence-electron chi connectivity index (χ3n) is 6.08. The summed E-state index contributed by atoms with van der Waals surface area (Å²) >= 11 is 7.89. The van der Waals surface area contributed by atoms with Gasteiger partial charge >= 0.3 is 0 Å². The number of rotatable bonds is 4. The number of nitrogens with two attached hydrogens (primary N) is 1. The molecule has 0 saturated carbocycles. The van der Waals surface area contributed by atoms with E-state index in [1.54, 1.807) is 41.2 Å². The third-order valence-corrected chi connectivity index (χ3v) is 7.20. The number of fused-ring (bicyclic) bond motifs is 2. The number of benzene rings is 1. The fraction of sp³-hybridized carbons (Fsp3) is 0.261. The Labute approximate surface area is 194 Å². The van der Waals surface area contributed by atoms with Crippen LogP contribution in [0.25, 0.3) is 21.0 Å². The number of thiophene rings is 1. The van der Waals surface area contributed by atoms with E-state index in [1.165, 1.54) is 4.70 Å². The van der Waals surface area contributed by atoms with E-state index in [4.69, 9.17) is 17.3 Å². The van der Waals surface area contributed by atoms with Gasteiger partial charge in [-0.2, -0.15) is 0 Å². The molecule has 4 aromatic rings. The van der Waals surface area contributed by atoms with E-state index in [0.717, 1.165) is 22.1 Å². The molecular weight excluding hydrogens is 446 g/mol. The minimum Gasteiger partial charge on any atom is -0.368 e. The van der Waals surface area contributed by atoms with Crippen molar-refractivity contribution in [2.45, 2.75) is 13.0 Å². The number of hydrogen-bond donors (Lipinski definition) is 1. The first-order valence-electron chi connectivity index (χ1n) is 10.4. The van der Waals surface area contributed by atoms with Crippen LogP contribution in [-0.2, 0) is 4.79 Å². The summed E-state index contributed by atoms with van der Waals surface area (Å²) < 4.78 is 2.94. The molecule has 1 fully saturated rings. The molecular formula is C23H22ClN5O2S. The molecule has 0 aliphatic carbocycles. The second kappa shape index (κ2) is 8.11. The van der Waals surface area contributed by atoms with Crippen molar-refractivity contribution in [2.75, 3.05) is 31.1 Å². The number of pyridine rings is 1. The number of piperazine rings is 1. The van der Waals surface area contributed by atoms with Gasteiger partial charge in [0.1, 0.15) is 11.9 Å².